The van der Waals surface area contributed by atoms with Gasteiger partial charge in [-0.1, -0.05) is 58.5 Å². The molecule has 80 heavy (non-hydrogen) atoms. The summed E-state index contributed by atoms with van der Waals surface area (Å²) in [5.41, 5.74) is 6.38. The molecular weight excluding hydrogens is 1210 g/mol. The molecule has 1 aliphatic carbocycles. The SMILES string of the molecule is CCOC(=O)/C(Cl)=C/c1cc(N2C(=O)C3=C(CCCC3)C2=O)ccc1Cl.COc1c(Cl)ccc(Cl)c1C(=O)O.CP(=O)(O)CCC(N)C(=O)O.O=C(Nc1nc(OC(F)F)cc(OC(F)F)n1)NS(=O)(=O)c1ccccc1C(=O)O. The summed E-state index contributed by atoms with van der Waals surface area (Å²) in [5.74, 6) is -7.90. The number of hydrogen-bond acceptors (Lipinski definition) is 17. The quantitative estimate of drug-likeness (QED) is 0.0161. The van der Waals surface area contributed by atoms with Crippen LogP contribution in [-0.4, -0.2) is 126 Å². The molecule has 8 N–H and O–H groups in total. The number of nitrogens with zero attached hydrogens (tertiary/aromatic N) is 3. The Balaban J connectivity index is 0.000000303. The predicted octanol–water partition coefficient (Wildman–Crippen LogP) is 8.50. The van der Waals surface area contributed by atoms with Crippen molar-refractivity contribution in [2.24, 2.45) is 5.73 Å². The first-order valence-electron chi connectivity index (χ1n) is 22.2. The molecule has 0 fully saturated rings. The maximum Gasteiger partial charge on any atom is 0.388 e. The molecule has 2 unspecified atom stereocenters. The lowest BCUT2D eigenvalue weighted by molar-refractivity contribution is -0.139. The number of nitrogens with two attached hydrogens (primary N) is 1. The number of halogens is 8. The van der Waals surface area contributed by atoms with Crippen molar-refractivity contribution >= 4 is 123 Å². The highest BCUT2D eigenvalue weighted by atomic mass is 35.5. The van der Waals surface area contributed by atoms with Gasteiger partial charge in [0.2, 0.25) is 17.7 Å². The van der Waals surface area contributed by atoms with Crippen molar-refractivity contribution < 1.29 is 103 Å². The van der Waals surface area contributed by atoms with E-state index >= 15 is 0 Å². The molecule has 0 saturated heterocycles. The number of urea groups is 1. The zero-order valence-electron chi connectivity index (χ0n) is 41.3. The van der Waals surface area contributed by atoms with Crippen LogP contribution < -0.4 is 34.9 Å². The molecule has 0 radical (unpaired) electrons. The van der Waals surface area contributed by atoms with Crippen LogP contribution >= 0.6 is 53.8 Å². The monoisotopic (exact) mass is 1250 g/mol. The van der Waals surface area contributed by atoms with Crippen molar-refractivity contribution in [1.29, 1.82) is 0 Å². The summed E-state index contributed by atoms with van der Waals surface area (Å²) in [6, 6.07) is 9.82. The van der Waals surface area contributed by atoms with Gasteiger partial charge in [-0.3, -0.25) is 24.3 Å². The zero-order chi connectivity index (χ0) is 60.4. The molecule has 6 rings (SSSR count). The first-order chi connectivity index (χ1) is 37.3. The molecule has 2 heterocycles. The van der Waals surface area contributed by atoms with Crippen molar-refractivity contribution in [2.45, 2.75) is 63.2 Å². The van der Waals surface area contributed by atoms with Crippen molar-refractivity contribution in [3.63, 3.8) is 0 Å². The second-order valence-electron chi connectivity index (χ2n) is 15.8. The number of aliphatic carboxylic acids is 1. The number of carboxylic acid groups (broad SMARTS) is 3. The lowest BCUT2D eigenvalue weighted by Crippen LogP contribution is -2.35. The van der Waals surface area contributed by atoms with E-state index < -0.39 is 94.7 Å². The number of sulfonamides is 1. The largest absolute Gasteiger partial charge is 0.494 e. The number of alkyl halides is 4. The molecule has 2 atom stereocenters. The van der Waals surface area contributed by atoms with Crippen LogP contribution in [0.2, 0.25) is 15.1 Å². The minimum absolute atomic E-state index is 0.0412. The normalized spacial score (nSPS) is 14.1. The number of imide groups is 1. The fourth-order valence-electron chi connectivity index (χ4n) is 6.53. The van der Waals surface area contributed by atoms with Gasteiger partial charge in [0.05, 0.1) is 41.1 Å². The van der Waals surface area contributed by atoms with Crippen LogP contribution in [0, 0.1) is 0 Å². The second-order valence-corrected chi connectivity index (χ2v) is 21.6. The maximum absolute atomic E-state index is 12.7. The summed E-state index contributed by atoms with van der Waals surface area (Å²) in [6.45, 7) is -3.76. The van der Waals surface area contributed by atoms with Crippen molar-refractivity contribution in [3.8, 4) is 17.5 Å². The third-order valence-corrected chi connectivity index (χ3v) is 13.7. The third-order valence-electron chi connectivity index (χ3n) is 9.99. The molecule has 0 bridgehead atoms. The average Bonchev–Trinajstić information content (AvgIpc) is 3.65. The molecule has 434 valence electrons. The minimum Gasteiger partial charge on any atom is -0.494 e. The van der Waals surface area contributed by atoms with Gasteiger partial charge < -0.3 is 44.9 Å². The number of carboxylic acids is 3. The molecular formula is C46H45Cl4F4N6O18PS. The van der Waals surface area contributed by atoms with Crippen molar-refractivity contribution in [2.75, 3.05) is 36.8 Å². The number of anilines is 2. The number of ether oxygens (including phenoxy) is 4. The number of benzene rings is 3. The number of esters is 1. The molecule has 0 saturated carbocycles. The number of hydrogen-bond donors (Lipinski definition) is 7. The van der Waals surface area contributed by atoms with Crippen LogP contribution in [0.5, 0.6) is 17.5 Å². The van der Waals surface area contributed by atoms with Crippen LogP contribution in [0.1, 0.15) is 65.3 Å². The third kappa shape index (κ3) is 20.2. The van der Waals surface area contributed by atoms with Gasteiger partial charge in [-0.05, 0) is 93.1 Å². The maximum atomic E-state index is 12.7. The van der Waals surface area contributed by atoms with E-state index in [1.807, 2.05) is 0 Å². The fourth-order valence-corrected chi connectivity index (χ4v) is 9.20. The van der Waals surface area contributed by atoms with Gasteiger partial charge in [0, 0.05) is 29.0 Å². The van der Waals surface area contributed by atoms with E-state index in [1.54, 1.807) is 30.4 Å². The van der Waals surface area contributed by atoms with Crippen molar-refractivity contribution in [3.05, 3.63) is 109 Å². The van der Waals surface area contributed by atoms with E-state index in [2.05, 4.69) is 19.4 Å². The van der Waals surface area contributed by atoms with Crippen LogP contribution in [0.4, 0.5) is 34.0 Å². The van der Waals surface area contributed by atoms with Crippen molar-refractivity contribution in [1.82, 2.24) is 14.7 Å². The van der Waals surface area contributed by atoms with Gasteiger partial charge in [-0.2, -0.15) is 27.5 Å². The topological polar surface area (TPSA) is 368 Å². The van der Waals surface area contributed by atoms with E-state index in [4.69, 9.17) is 81.8 Å². The molecule has 1 aliphatic heterocycles. The highest BCUT2D eigenvalue weighted by molar-refractivity contribution is 7.90. The highest BCUT2D eigenvalue weighted by Crippen LogP contribution is 2.38. The van der Waals surface area contributed by atoms with E-state index in [0.29, 0.717) is 46.3 Å². The number of rotatable bonds is 18. The van der Waals surface area contributed by atoms with Crippen LogP contribution in [0.25, 0.3) is 6.08 Å². The van der Waals surface area contributed by atoms with Crippen LogP contribution in [-0.2, 0) is 38.5 Å². The molecule has 0 spiro atoms. The summed E-state index contributed by atoms with van der Waals surface area (Å²) in [4.78, 5) is 96.6. The Morgan fingerprint density at radius 2 is 1.39 bits per heavy atom. The summed E-state index contributed by atoms with van der Waals surface area (Å²) >= 11 is 23.5. The van der Waals surface area contributed by atoms with Crippen LogP contribution in [0.3, 0.4) is 0 Å². The Labute approximate surface area is 470 Å². The minimum atomic E-state index is -4.71. The zero-order valence-corrected chi connectivity index (χ0v) is 46.1. The number of carbonyl (C=O) groups excluding carboxylic acids is 4. The van der Waals surface area contributed by atoms with Gasteiger partial charge in [-0.15, -0.1) is 0 Å². The standard InChI is InChI=1S/C19H17Cl2NO4.C14H10F4N4O7S.C8H6Cl2O3.C5H12NO4P/c1-2-26-19(25)16(21)10-11-9-12(7-8-15(11)20)22-17(23)13-5-3-4-6-14(13)18(22)24;15-11(16)28-8-5-9(29-12(17)18)20-13(19-8)21-14(25)22-30(26,27)7-4-2-1-3-6(7)10(23)24;1-13-7-5(10)3-2-4(9)6(7)8(11)12;1-11(9,10)3-2-4(6)5(7)8/h7-10H,2-6H2,1H3;1-5,11-12H,(H,23,24)(H2,19,20,21,22,25);2-3H,1H3,(H,11,12);4H,2-3,6H2,1H3,(H,7,8)(H,9,10)/b16-10-;;;. The fraction of sp³-hybridized carbons (Fsp3) is 0.283. The first kappa shape index (κ1) is 67.2. The lowest BCUT2D eigenvalue weighted by atomic mass is 9.93. The lowest BCUT2D eigenvalue weighted by Gasteiger charge is -2.16. The Bertz CT molecular complexity index is 3170. The summed E-state index contributed by atoms with van der Waals surface area (Å²) < 4.78 is 103. The summed E-state index contributed by atoms with van der Waals surface area (Å²) in [6.07, 6.45) is 4.45. The summed E-state index contributed by atoms with van der Waals surface area (Å²) in [7, 11) is -6.48. The van der Waals surface area contributed by atoms with Gasteiger partial charge in [0.15, 0.2) is 13.1 Å². The second kappa shape index (κ2) is 30.5. The Morgan fingerprint density at radius 1 is 0.850 bits per heavy atom. The number of amides is 4. The van der Waals surface area contributed by atoms with Gasteiger partial charge in [-0.25, -0.2) is 37.2 Å². The predicted molar refractivity (Wildman–Crippen MR) is 279 cm³/mol. The smallest absolute Gasteiger partial charge is 0.388 e. The van der Waals surface area contributed by atoms with E-state index in [9.17, 15) is 64.1 Å². The molecule has 4 amide bonds. The number of aromatic nitrogens is 2. The van der Waals surface area contributed by atoms with E-state index in [0.717, 1.165) is 25.0 Å². The van der Waals surface area contributed by atoms with Crippen LogP contribution in [0.15, 0.2) is 81.7 Å². The molecule has 24 nitrogen and oxygen atoms in total. The molecule has 3 aromatic carbocycles. The Morgan fingerprint density at radius 3 is 1.86 bits per heavy atom. The highest BCUT2D eigenvalue weighted by Gasteiger charge is 2.40. The molecule has 2 aliphatic rings. The number of methoxy groups -OCH3 is 1. The Kier molecular flexibility index (Phi) is 25.6. The first-order valence-corrected chi connectivity index (χ1v) is 27.5. The summed E-state index contributed by atoms with van der Waals surface area (Å²) in [5, 5.41) is 28.3. The van der Waals surface area contributed by atoms with Gasteiger partial charge in [0.1, 0.15) is 21.5 Å². The average molecular weight is 1250 g/mol. The van der Waals surface area contributed by atoms with E-state index in [1.165, 1.54) is 53.7 Å². The number of aromatic carboxylic acids is 2. The van der Waals surface area contributed by atoms with E-state index in [-0.39, 0.29) is 57.4 Å². The van der Waals surface area contributed by atoms with Gasteiger partial charge >= 0.3 is 43.1 Å². The molecule has 1 aromatic heterocycles. The molecule has 4 aromatic rings. The number of nitrogens with one attached hydrogen (secondary N) is 2. The Hall–Kier alpha value is -7.11. The molecule has 34 heteroatoms. The van der Waals surface area contributed by atoms with Gasteiger partial charge in [0.25, 0.3) is 21.8 Å². The number of carbonyl (C=O) groups is 7.